The lowest BCUT2D eigenvalue weighted by atomic mass is 10.0. The van der Waals surface area contributed by atoms with Gasteiger partial charge in [-0.15, -0.1) is 0 Å². The van der Waals surface area contributed by atoms with Gasteiger partial charge in [0.05, 0.1) is 12.2 Å². The Hall–Kier alpha value is -2.35. The Kier molecular flexibility index (Phi) is 3.21. The first-order valence-corrected chi connectivity index (χ1v) is 8.05. The smallest absolute Gasteiger partial charge is 0.312 e. The van der Waals surface area contributed by atoms with E-state index in [1.807, 2.05) is 0 Å². The molecule has 116 valence electrons. The predicted octanol–water partition coefficient (Wildman–Crippen LogP) is 1.67. The van der Waals surface area contributed by atoms with Crippen molar-refractivity contribution in [2.24, 2.45) is 0 Å². The second-order valence-corrected chi connectivity index (χ2v) is 6.94. The van der Waals surface area contributed by atoms with Crippen molar-refractivity contribution in [3.8, 4) is 0 Å². The summed E-state index contributed by atoms with van der Waals surface area (Å²) in [5.41, 5.74) is 1.13. The van der Waals surface area contributed by atoms with Gasteiger partial charge in [-0.3, -0.25) is 9.10 Å². The molecular formula is C14H14N2O5S. The molecule has 0 aliphatic carbocycles. The molecule has 0 spiro atoms. The molecule has 0 radical (unpaired) electrons. The number of para-hydroxylation sites is 1. The van der Waals surface area contributed by atoms with Crippen LogP contribution in [0, 0.1) is 13.8 Å². The molecule has 0 bridgehead atoms. The third-order valence-corrected chi connectivity index (χ3v) is 5.77. The highest BCUT2D eigenvalue weighted by atomic mass is 32.2. The van der Waals surface area contributed by atoms with Crippen molar-refractivity contribution in [1.82, 2.24) is 5.16 Å². The van der Waals surface area contributed by atoms with Gasteiger partial charge in [0.25, 0.3) is 10.0 Å². The van der Waals surface area contributed by atoms with Crippen LogP contribution in [0.3, 0.4) is 0 Å². The SMILES string of the molecule is Cc1noc(C)c1S(=O)(=O)N1CC(C(=O)O)c2ccccc21. The average molecular weight is 322 g/mol. The van der Waals surface area contributed by atoms with Gasteiger partial charge in [-0.1, -0.05) is 23.4 Å². The summed E-state index contributed by atoms with van der Waals surface area (Å²) in [4.78, 5) is 11.4. The van der Waals surface area contributed by atoms with Crippen molar-refractivity contribution in [1.29, 1.82) is 0 Å². The van der Waals surface area contributed by atoms with Crippen LogP contribution in [0.15, 0.2) is 33.7 Å². The minimum atomic E-state index is -3.92. The molecule has 1 aliphatic heterocycles. The van der Waals surface area contributed by atoms with E-state index < -0.39 is 21.9 Å². The Bertz CT molecular complexity index is 836. The van der Waals surface area contributed by atoms with Crippen LogP contribution in [0.4, 0.5) is 5.69 Å². The molecule has 0 saturated heterocycles. The average Bonchev–Trinajstić information content (AvgIpc) is 3.00. The van der Waals surface area contributed by atoms with Gasteiger partial charge in [0.2, 0.25) is 0 Å². The molecule has 3 rings (SSSR count). The maximum Gasteiger partial charge on any atom is 0.312 e. The van der Waals surface area contributed by atoms with Gasteiger partial charge >= 0.3 is 5.97 Å². The van der Waals surface area contributed by atoms with Crippen molar-refractivity contribution < 1.29 is 22.8 Å². The summed E-state index contributed by atoms with van der Waals surface area (Å²) in [5.74, 6) is -1.75. The fourth-order valence-electron chi connectivity index (χ4n) is 2.76. The molecule has 7 nitrogen and oxygen atoms in total. The molecule has 1 aromatic carbocycles. The summed E-state index contributed by atoms with van der Waals surface area (Å²) in [7, 11) is -3.92. The van der Waals surface area contributed by atoms with Gasteiger partial charge in [-0.25, -0.2) is 8.42 Å². The number of sulfonamides is 1. The van der Waals surface area contributed by atoms with Gasteiger partial charge < -0.3 is 9.63 Å². The highest BCUT2D eigenvalue weighted by Gasteiger charge is 2.41. The predicted molar refractivity (Wildman–Crippen MR) is 77.3 cm³/mol. The molecule has 1 atom stereocenters. The lowest BCUT2D eigenvalue weighted by Gasteiger charge is -2.19. The number of benzene rings is 1. The molecule has 2 aromatic rings. The van der Waals surface area contributed by atoms with Crippen molar-refractivity contribution in [3.63, 3.8) is 0 Å². The summed E-state index contributed by atoms with van der Waals surface area (Å²) in [6, 6.07) is 6.62. The Morgan fingerprint density at radius 2 is 2.05 bits per heavy atom. The van der Waals surface area contributed by atoms with Crippen LogP contribution in [0.25, 0.3) is 0 Å². The fourth-order valence-corrected chi connectivity index (χ4v) is 4.57. The molecule has 1 aromatic heterocycles. The number of carboxylic acid groups (broad SMARTS) is 1. The van der Waals surface area contributed by atoms with Gasteiger partial charge in [-0.2, -0.15) is 0 Å². The Labute approximate surface area is 127 Å². The largest absolute Gasteiger partial charge is 0.481 e. The first-order valence-electron chi connectivity index (χ1n) is 6.61. The van der Waals surface area contributed by atoms with E-state index in [9.17, 15) is 18.3 Å². The highest BCUT2D eigenvalue weighted by molar-refractivity contribution is 7.93. The van der Waals surface area contributed by atoms with Crippen LogP contribution in [-0.4, -0.2) is 31.2 Å². The summed E-state index contributed by atoms with van der Waals surface area (Å²) in [6.45, 7) is 2.92. The van der Waals surface area contributed by atoms with E-state index in [1.54, 1.807) is 31.2 Å². The topological polar surface area (TPSA) is 101 Å². The minimum Gasteiger partial charge on any atom is -0.481 e. The number of rotatable bonds is 3. The molecule has 1 aliphatic rings. The first-order chi connectivity index (χ1) is 10.3. The lowest BCUT2D eigenvalue weighted by molar-refractivity contribution is -0.138. The molecule has 22 heavy (non-hydrogen) atoms. The van der Waals surface area contributed by atoms with E-state index in [-0.39, 0.29) is 22.9 Å². The number of aliphatic carboxylic acids is 1. The Morgan fingerprint density at radius 1 is 1.36 bits per heavy atom. The maximum atomic E-state index is 12.9. The molecule has 0 saturated carbocycles. The second kappa shape index (κ2) is 4.84. The molecule has 0 amide bonds. The second-order valence-electron chi connectivity index (χ2n) is 5.14. The van der Waals surface area contributed by atoms with Crippen LogP contribution in [-0.2, 0) is 14.8 Å². The zero-order valence-electron chi connectivity index (χ0n) is 12.0. The zero-order valence-corrected chi connectivity index (χ0v) is 12.8. The summed E-state index contributed by atoms with van der Waals surface area (Å²) in [6.07, 6.45) is 0. The van der Waals surface area contributed by atoms with Gasteiger partial charge in [0, 0.05) is 0 Å². The molecule has 1 N–H and O–H groups in total. The number of anilines is 1. The lowest BCUT2D eigenvalue weighted by Crippen LogP contribution is -2.32. The normalized spacial score (nSPS) is 17.5. The maximum absolute atomic E-state index is 12.9. The van der Waals surface area contributed by atoms with Gasteiger partial charge in [0.1, 0.15) is 11.6 Å². The van der Waals surface area contributed by atoms with Crippen LogP contribution in [0.5, 0.6) is 0 Å². The van der Waals surface area contributed by atoms with E-state index in [0.29, 0.717) is 11.3 Å². The summed E-state index contributed by atoms with van der Waals surface area (Å²) in [5, 5.41) is 13.0. The van der Waals surface area contributed by atoms with Crippen LogP contribution < -0.4 is 4.31 Å². The number of carboxylic acids is 1. The van der Waals surface area contributed by atoms with E-state index in [1.165, 1.54) is 6.92 Å². The fraction of sp³-hybridized carbons (Fsp3) is 0.286. The zero-order chi connectivity index (χ0) is 16.1. The Balaban J connectivity index is 2.16. The van der Waals surface area contributed by atoms with E-state index >= 15 is 0 Å². The minimum absolute atomic E-state index is 0.00616. The van der Waals surface area contributed by atoms with Crippen LogP contribution >= 0.6 is 0 Å². The number of nitrogens with zero attached hydrogens (tertiary/aromatic N) is 2. The summed E-state index contributed by atoms with van der Waals surface area (Å²) >= 11 is 0. The molecule has 8 heteroatoms. The third kappa shape index (κ3) is 1.98. The van der Waals surface area contributed by atoms with Crippen LogP contribution in [0.1, 0.15) is 22.9 Å². The van der Waals surface area contributed by atoms with Gasteiger partial charge in [0.15, 0.2) is 10.7 Å². The van der Waals surface area contributed by atoms with E-state index in [2.05, 4.69) is 5.16 Å². The number of hydrogen-bond donors (Lipinski definition) is 1. The van der Waals surface area contributed by atoms with E-state index in [0.717, 1.165) is 4.31 Å². The standard InChI is InChI=1S/C14H14N2O5S/c1-8-13(9(2)21-15-8)22(19,20)16-7-11(14(17)18)10-5-3-4-6-12(10)16/h3-6,11H,7H2,1-2H3,(H,17,18). The van der Waals surface area contributed by atoms with Gasteiger partial charge in [-0.05, 0) is 25.5 Å². The number of aryl methyl sites for hydroxylation is 2. The quantitative estimate of drug-likeness (QED) is 0.922. The molecule has 1 unspecified atom stereocenters. The molecule has 2 heterocycles. The number of fused-ring (bicyclic) bond motifs is 1. The number of hydrogen-bond acceptors (Lipinski definition) is 5. The van der Waals surface area contributed by atoms with Crippen molar-refractivity contribution in [2.75, 3.05) is 10.8 Å². The highest BCUT2D eigenvalue weighted by Crippen LogP contribution is 2.40. The van der Waals surface area contributed by atoms with Crippen molar-refractivity contribution in [2.45, 2.75) is 24.7 Å². The Morgan fingerprint density at radius 3 is 2.64 bits per heavy atom. The summed E-state index contributed by atoms with van der Waals surface area (Å²) < 4.78 is 31.9. The van der Waals surface area contributed by atoms with Crippen molar-refractivity contribution in [3.05, 3.63) is 41.3 Å². The van der Waals surface area contributed by atoms with E-state index in [4.69, 9.17) is 4.52 Å². The number of carbonyl (C=O) groups is 1. The molecule has 0 fully saturated rings. The number of aromatic nitrogens is 1. The monoisotopic (exact) mass is 322 g/mol. The third-order valence-electron chi connectivity index (χ3n) is 3.74. The van der Waals surface area contributed by atoms with Crippen LogP contribution in [0.2, 0.25) is 0 Å². The first kappa shape index (κ1) is 14.6. The molecular weight excluding hydrogens is 308 g/mol. The van der Waals surface area contributed by atoms with Crippen molar-refractivity contribution >= 4 is 21.7 Å².